The molecule has 0 spiro atoms. The van der Waals surface area contributed by atoms with Crippen LogP contribution in [0.1, 0.15) is 50.2 Å². The molecule has 34 heavy (non-hydrogen) atoms. The normalized spacial score (nSPS) is 35.6. The molecule has 4 aliphatic carbocycles. The first kappa shape index (κ1) is 23.7. The first-order valence-electron chi connectivity index (χ1n) is 11.1. The van der Waals surface area contributed by atoms with Crippen molar-refractivity contribution in [3.05, 3.63) is 28.8 Å². The molecule has 5 aliphatic rings. The molecule has 0 aromatic heterocycles. The second kappa shape index (κ2) is 8.25. The Morgan fingerprint density at radius 1 is 1.12 bits per heavy atom. The standard InChI is InChI=1S/C22H24ClF3N2O6/c23-11-1-2-16-14(3-11)15(29)6-17(33-16)19(31)28-21-8-20(9-21,10-21)27-18(30)7-32-12-4-13(5-12)34-22(24,25)26/h1-3,12-13,15,17,29H,4-10H2,(H,27,30)(H,28,31)/t12?,13?,15-,17-,20?,21?/m1/s1. The lowest BCUT2D eigenvalue weighted by molar-refractivity contribution is -0.357. The number of hydrogen-bond acceptors (Lipinski definition) is 6. The van der Waals surface area contributed by atoms with Gasteiger partial charge in [-0.05, 0) is 37.5 Å². The van der Waals surface area contributed by atoms with Gasteiger partial charge in [0.25, 0.3) is 5.91 Å². The van der Waals surface area contributed by atoms with Crippen molar-refractivity contribution >= 4 is 23.4 Å². The number of halogens is 4. The van der Waals surface area contributed by atoms with Gasteiger partial charge in [0.1, 0.15) is 12.4 Å². The molecule has 186 valence electrons. The van der Waals surface area contributed by atoms with E-state index in [1.807, 2.05) is 0 Å². The Balaban J connectivity index is 1.03. The molecular weight excluding hydrogens is 481 g/mol. The van der Waals surface area contributed by atoms with Crippen molar-refractivity contribution in [3.8, 4) is 5.75 Å². The van der Waals surface area contributed by atoms with Crippen LogP contribution in [-0.4, -0.2) is 59.3 Å². The Bertz CT molecular complexity index is 980. The third-order valence-electron chi connectivity index (χ3n) is 6.96. The van der Waals surface area contributed by atoms with E-state index in [4.69, 9.17) is 21.1 Å². The Hall–Kier alpha value is -2.08. The minimum atomic E-state index is -4.66. The summed E-state index contributed by atoms with van der Waals surface area (Å²) in [4.78, 5) is 24.9. The zero-order chi connectivity index (χ0) is 24.3. The van der Waals surface area contributed by atoms with Gasteiger partial charge < -0.3 is 25.2 Å². The number of aliphatic hydroxyl groups excluding tert-OH is 1. The lowest BCUT2D eigenvalue weighted by Gasteiger charge is -2.70. The molecule has 4 fully saturated rings. The molecule has 4 saturated carbocycles. The van der Waals surface area contributed by atoms with Crippen LogP contribution < -0.4 is 15.4 Å². The Morgan fingerprint density at radius 2 is 1.79 bits per heavy atom. The third-order valence-corrected chi connectivity index (χ3v) is 7.19. The predicted molar refractivity (Wildman–Crippen MR) is 111 cm³/mol. The van der Waals surface area contributed by atoms with Crippen LogP contribution in [0.2, 0.25) is 5.02 Å². The van der Waals surface area contributed by atoms with E-state index in [2.05, 4.69) is 15.4 Å². The fourth-order valence-electron chi connectivity index (χ4n) is 5.44. The quantitative estimate of drug-likeness (QED) is 0.527. The van der Waals surface area contributed by atoms with Crippen molar-refractivity contribution in [3.63, 3.8) is 0 Å². The summed E-state index contributed by atoms with van der Waals surface area (Å²) in [6, 6.07) is 4.87. The van der Waals surface area contributed by atoms with Crippen LogP contribution in [0.5, 0.6) is 5.75 Å². The van der Waals surface area contributed by atoms with Crippen molar-refractivity contribution in [2.24, 2.45) is 0 Å². The molecule has 0 unspecified atom stereocenters. The Labute approximate surface area is 198 Å². The fraction of sp³-hybridized carbons (Fsp3) is 0.636. The van der Waals surface area contributed by atoms with Crippen LogP contribution in [0.25, 0.3) is 0 Å². The number of fused-ring (bicyclic) bond motifs is 1. The summed E-state index contributed by atoms with van der Waals surface area (Å²) in [5.74, 6) is -0.232. The van der Waals surface area contributed by atoms with E-state index in [0.717, 1.165) is 0 Å². The number of aliphatic hydroxyl groups is 1. The number of amides is 2. The summed E-state index contributed by atoms with van der Waals surface area (Å²) in [7, 11) is 0. The highest BCUT2D eigenvalue weighted by Crippen LogP contribution is 2.60. The smallest absolute Gasteiger partial charge is 0.480 e. The van der Waals surface area contributed by atoms with Crippen LogP contribution in [0.3, 0.4) is 0 Å². The minimum Gasteiger partial charge on any atom is -0.480 e. The highest BCUT2D eigenvalue weighted by atomic mass is 35.5. The summed E-state index contributed by atoms with van der Waals surface area (Å²) in [5.41, 5.74) is -0.252. The largest absolute Gasteiger partial charge is 0.522 e. The lowest BCUT2D eigenvalue weighted by Crippen LogP contribution is -2.84. The topological polar surface area (TPSA) is 106 Å². The highest BCUT2D eigenvalue weighted by molar-refractivity contribution is 6.30. The summed E-state index contributed by atoms with van der Waals surface area (Å²) in [6.45, 7) is -0.234. The van der Waals surface area contributed by atoms with Crippen molar-refractivity contribution < 1.29 is 42.1 Å². The van der Waals surface area contributed by atoms with E-state index in [0.29, 0.717) is 35.6 Å². The number of carbonyl (C=O) groups excluding carboxylic acids is 2. The summed E-state index contributed by atoms with van der Waals surface area (Å²) in [5, 5.41) is 16.7. The highest BCUT2D eigenvalue weighted by Gasteiger charge is 2.69. The molecule has 1 aromatic rings. The molecule has 2 amide bonds. The number of carbonyl (C=O) groups is 2. The number of benzene rings is 1. The van der Waals surface area contributed by atoms with E-state index in [1.165, 1.54) is 0 Å². The van der Waals surface area contributed by atoms with Crippen molar-refractivity contribution in [1.82, 2.24) is 10.6 Å². The van der Waals surface area contributed by atoms with Crippen molar-refractivity contribution in [1.29, 1.82) is 0 Å². The average Bonchev–Trinajstić information content (AvgIpc) is 2.66. The van der Waals surface area contributed by atoms with Gasteiger partial charge >= 0.3 is 6.36 Å². The number of rotatable bonds is 7. The molecule has 0 saturated heterocycles. The van der Waals surface area contributed by atoms with Crippen LogP contribution in [0, 0.1) is 0 Å². The summed E-state index contributed by atoms with van der Waals surface area (Å²) in [6.07, 6.45) is -5.66. The van der Waals surface area contributed by atoms with Crippen molar-refractivity contribution in [2.75, 3.05) is 6.61 Å². The first-order valence-corrected chi connectivity index (χ1v) is 11.4. The lowest BCUT2D eigenvalue weighted by atomic mass is 9.44. The Morgan fingerprint density at radius 3 is 2.47 bits per heavy atom. The maximum Gasteiger partial charge on any atom is 0.522 e. The maximum atomic E-state index is 12.7. The van der Waals surface area contributed by atoms with Gasteiger partial charge in [0.15, 0.2) is 6.10 Å². The van der Waals surface area contributed by atoms with Gasteiger partial charge in [-0.3, -0.25) is 14.3 Å². The molecule has 6 rings (SSSR count). The monoisotopic (exact) mass is 504 g/mol. The van der Waals surface area contributed by atoms with Gasteiger partial charge in [0, 0.05) is 40.9 Å². The summed E-state index contributed by atoms with van der Waals surface area (Å²) < 4.78 is 51.4. The van der Waals surface area contributed by atoms with Gasteiger partial charge in [0.2, 0.25) is 5.91 Å². The van der Waals surface area contributed by atoms with Gasteiger partial charge in [-0.25, -0.2) is 0 Å². The summed E-state index contributed by atoms with van der Waals surface area (Å²) >= 11 is 5.95. The van der Waals surface area contributed by atoms with Crippen LogP contribution in [0.4, 0.5) is 13.2 Å². The number of alkyl halides is 3. The second-order valence-electron chi connectivity index (χ2n) is 9.76. The van der Waals surface area contributed by atoms with E-state index < -0.39 is 41.9 Å². The molecule has 8 nitrogen and oxygen atoms in total. The minimum absolute atomic E-state index is 0.0997. The molecule has 1 aromatic carbocycles. The molecule has 12 heteroatoms. The molecule has 1 heterocycles. The maximum absolute atomic E-state index is 12.7. The number of nitrogens with one attached hydrogen (secondary N) is 2. The van der Waals surface area contributed by atoms with E-state index in [-0.39, 0.29) is 37.7 Å². The SMILES string of the molecule is O=C(COC1CC(OC(F)(F)F)C1)NC12CC(NC(=O)[C@H]3C[C@@H](O)c4cc(Cl)ccc4O3)(C1)C2. The Kier molecular flexibility index (Phi) is 5.74. The molecule has 2 bridgehead atoms. The predicted octanol–water partition coefficient (Wildman–Crippen LogP) is 2.52. The van der Waals surface area contributed by atoms with E-state index in [9.17, 15) is 27.9 Å². The second-order valence-corrected chi connectivity index (χ2v) is 10.2. The van der Waals surface area contributed by atoms with Gasteiger partial charge in [0.05, 0.1) is 18.3 Å². The number of ether oxygens (including phenoxy) is 3. The van der Waals surface area contributed by atoms with Crippen LogP contribution >= 0.6 is 11.6 Å². The zero-order valence-electron chi connectivity index (χ0n) is 18.0. The first-order chi connectivity index (χ1) is 15.9. The fourth-order valence-corrected chi connectivity index (χ4v) is 5.62. The van der Waals surface area contributed by atoms with Crippen molar-refractivity contribution in [2.45, 2.75) is 80.4 Å². The molecule has 2 atom stereocenters. The molecule has 0 radical (unpaired) electrons. The van der Waals surface area contributed by atoms with Gasteiger partial charge in [-0.1, -0.05) is 11.6 Å². The van der Waals surface area contributed by atoms with E-state index in [1.54, 1.807) is 18.2 Å². The molecule has 1 aliphatic heterocycles. The zero-order valence-corrected chi connectivity index (χ0v) is 18.7. The molecular formula is C22H24ClF3N2O6. The third kappa shape index (κ3) is 4.71. The average molecular weight is 505 g/mol. The van der Waals surface area contributed by atoms with Crippen LogP contribution in [0.15, 0.2) is 18.2 Å². The number of hydrogen-bond donors (Lipinski definition) is 3. The molecule has 3 N–H and O–H groups in total. The van der Waals surface area contributed by atoms with E-state index >= 15 is 0 Å². The van der Waals surface area contributed by atoms with Crippen LogP contribution in [-0.2, 0) is 19.1 Å². The van der Waals surface area contributed by atoms with Gasteiger partial charge in [-0.2, -0.15) is 0 Å². The van der Waals surface area contributed by atoms with Gasteiger partial charge in [-0.15, -0.1) is 13.2 Å².